The molecule has 0 aliphatic rings. The summed E-state index contributed by atoms with van der Waals surface area (Å²) >= 11 is 0. The lowest BCUT2D eigenvalue weighted by Gasteiger charge is -2.27. The monoisotopic (exact) mass is 696 g/mol. The van der Waals surface area contributed by atoms with E-state index in [4.69, 9.17) is 0 Å². The van der Waals surface area contributed by atoms with Crippen LogP contribution in [0.2, 0.25) is 0 Å². The van der Waals surface area contributed by atoms with Crippen LogP contribution in [-0.2, 0) is 4.79 Å². The van der Waals surface area contributed by atoms with Crippen molar-refractivity contribution in [1.29, 1.82) is 0 Å². The molecule has 0 aromatic carbocycles. The quantitative estimate of drug-likeness (QED) is 0.0325. The average molecular weight is 696 g/mol. The average Bonchev–Trinajstić information content (AvgIpc) is 3.11. The normalized spacial score (nSPS) is 14.3. The summed E-state index contributed by atoms with van der Waals surface area (Å²) < 4.78 is 0. The molecule has 4 atom stereocenters. The molecule has 6 heteroatoms. The number of carbonyl (C=O) groups is 1. The summed E-state index contributed by atoms with van der Waals surface area (Å²) in [6, 6.07) is -0.995. The Kier molecular flexibility index (Phi) is 37.5. The van der Waals surface area contributed by atoms with E-state index in [2.05, 4.69) is 31.3 Å². The lowest BCUT2D eigenvalue weighted by molar-refractivity contribution is -0.132. The third kappa shape index (κ3) is 32.7. The number of hydrogen-bond donors (Lipinski definition) is 5. The molecule has 0 rings (SSSR count). The van der Waals surface area contributed by atoms with Gasteiger partial charge in [-0.2, -0.15) is 0 Å². The minimum absolute atomic E-state index is 0.368. The molecule has 0 heterocycles. The largest absolute Gasteiger partial charge is 0.394 e. The molecule has 6 nitrogen and oxygen atoms in total. The van der Waals surface area contributed by atoms with Gasteiger partial charge in [-0.3, -0.25) is 4.79 Å². The first kappa shape index (κ1) is 48.0. The van der Waals surface area contributed by atoms with E-state index in [1.54, 1.807) is 0 Å². The number of carbonyl (C=O) groups excluding carboxylic acids is 1. The molecule has 1 amide bonds. The molecule has 0 radical (unpaired) electrons. The second-order valence-electron chi connectivity index (χ2n) is 15.0. The van der Waals surface area contributed by atoms with Gasteiger partial charge >= 0.3 is 0 Å². The molecule has 0 bridgehead atoms. The van der Waals surface area contributed by atoms with Crippen molar-refractivity contribution in [3.05, 3.63) is 12.2 Å². The summed E-state index contributed by atoms with van der Waals surface area (Å²) in [6.45, 7) is 4.01. The van der Waals surface area contributed by atoms with Gasteiger partial charge in [0, 0.05) is 0 Å². The maximum absolute atomic E-state index is 12.5. The molecule has 0 saturated carbocycles. The number of nitrogens with one attached hydrogen (secondary N) is 1. The zero-order chi connectivity index (χ0) is 36.0. The van der Waals surface area contributed by atoms with Crippen LogP contribution < -0.4 is 5.32 Å². The Morgan fingerprint density at radius 3 is 1.22 bits per heavy atom. The molecule has 0 saturated heterocycles. The molecule has 0 fully saturated rings. The first-order valence-corrected chi connectivity index (χ1v) is 21.6. The fraction of sp³-hybridized carbons (Fsp3) is 0.930. The van der Waals surface area contributed by atoms with Crippen molar-refractivity contribution < 1.29 is 25.2 Å². The molecule has 0 aromatic heterocycles. The predicted molar refractivity (Wildman–Crippen MR) is 210 cm³/mol. The van der Waals surface area contributed by atoms with E-state index < -0.39 is 36.9 Å². The number of allylic oxidation sites excluding steroid dienone is 2. The van der Waals surface area contributed by atoms with E-state index in [0.29, 0.717) is 12.8 Å². The number of rotatable bonds is 39. The fourth-order valence-electron chi connectivity index (χ4n) is 6.76. The van der Waals surface area contributed by atoms with Gasteiger partial charge in [0.25, 0.3) is 0 Å². The molecular weight excluding hydrogens is 610 g/mol. The van der Waals surface area contributed by atoms with Gasteiger partial charge in [-0.15, -0.1) is 0 Å². The second-order valence-corrected chi connectivity index (χ2v) is 15.0. The van der Waals surface area contributed by atoms with Crippen molar-refractivity contribution in [1.82, 2.24) is 5.32 Å². The molecule has 0 spiro atoms. The smallest absolute Gasteiger partial charge is 0.249 e. The Hall–Kier alpha value is -0.950. The van der Waals surface area contributed by atoms with Crippen LogP contribution in [0.1, 0.15) is 226 Å². The highest BCUT2D eigenvalue weighted by Crippen LogP contribution is 2.16. The first-order chi connectivity index (χ1) is 24.0. The van der Waals surface area contributed by atoms with Gasteiger partial charge in [-0.25, -0.2) is 0 Å². The first-order valence-electron chi connectivity index (χ1n) is 21.6. The van der Waals surface area contributed by atoms with Crippen molar-refractivity contribution in [2.45, 2.75) is 250 Å². The summed E-state index contributed by atoms with van der Waals surface area (Å²) in [5, 5.41) is 43.4. The van der Waals surface area contributed by atoms with Crippen LogP contribution >= 0.6 is 0 Å². The molecular formula is C43H85NO5. The second kappa shape index (κ2) is 38.3. The maximum atomic E-state index is 12.5. The predicted octanol–water partition coefficient (Wildman–Crippen LogP) is 11.0. The summed E-state index contributed by atoms with van der Waals surface area (Å²) in [4.78, 5) is 12.5. The van der Waals surface area contributed by atoms with E-state index in [0.717, 1.165) is 38.5 Å². The Labute approximate surface area is 304 Å². The topological polar surface area (TPSA) is 110 Å². The molecule has 0 aliphatic carbocycles. The number of aliphatic hydroxyl groups is 4. The molecule has 5 N–H and O–H groups in total. The van der Waals surface area contributed by atoms with Gasteiger partial charge in [0.05, 0.1) is 18.8 Å². The highest BCUT2D eigenvalue weighted by atomic mass is 16.3. The van der Waals surface area contributed by atoms with Crippen LogP contribution in [-0.4, -0.2) is 57.3 Å². The minimum atomic E-state index is -1.28. The van der Waals surface area contributed by atoms with Crippen LogP contribution in [0, 0.1) is 0 Å². The van der Waals surface area contributed by atoms with Gasteiger partial charge in [0.2, 0.25) is 5.91 Å². The number of hydrogen-bond acceptors (Lipinski definition) is 5. The Morgan fingerprint density at radius 1 is 0.490 bits per heavy atom. The van der Waals surface area contributed by atoms with Crippen LogP contribution in [0.15, 0.2) is 12.2 Å². The fourth-order valence-corrected chi connectivity index (χ4v) is 6.76. The van der Waals surface area contributed by atoms with Crippen molar-refractivity contribution >= 4 is 5.91 Å². The third-order valence-electron chi connectivity index (χ3n) is 10.2. The Bertz CT molecular complexity index is 702. The van der Waals surface area contributed by atoms with Gasteiger partial charge in [0.1, 0.15) is 12.2 Å². The number of unbranched alkanes of at least 4 members (excludes halogenated alkanes) is 28. The minimum Gasteiger partial charge on any atom is -0.394 e. The van der Waals surface area contributed by atoms with E-state index in [1.807, 2.05) is 0 Å². The van der Waals surface area contributed by atoms with E-state index in [9.17, 15) is 25.2 Å². The van der Waals surface area contributed by atoms with Crippen LogP contribution in [0.5, 0.6) is 0 Å². The van der Waals surface area contributed by atoms with Crippen molar-refractivity contribution in [2.75, 3.05) is 6.61 Å². The zero-order valence-corrected chi connectivity index (χ0v) is 32.7. The SMILES string of the molecule is CCCCCCC/C=C/CCCC(O)C(O)C(CO)NC(=O)C(O)CCCCCCCCCCCCCCCCCCCCCCCCC. The van der Waals surface area contributed by atoms with E-state index in [1.165, 1.54) is 161 Å². The van der Waals surface area contributed by atoms with Crippen molar-refractivity contribution in [3.8, 4) is 0 Å². The summed E-state index contributed by atoms with van der Waals surface area (Å²) in [5.74, 6) is -0.592. The van der Waals surface area contributed by atoms with Crippen LogP contribution in [0.4, 0.5) is 0 Å². The van der Waals surface area contributed by atoms with E-state index in [-0.39, 0.29) is 0 Å². The van der Waals surface area contributed by atoms with Crippen molar-refractivity contribution in [2.24, 2.45) is 0 Å². The van der Waals surface area contributed by atoms with Gasteiger partial charge in [-0.05, 0) is 38.5 Å². The standard InChI is InChI=1S/C43H85NO5/c1-3-5-7-9-11-13-15-16-17-18-19-20-21-22-23-24-25-26-27-29-31-33-35-37-41(47)43(49)44-39(38-45)42(48)40(46)36-34-32-30-28-14-12-10-8-6-4-2/h28,30,39-42,45-48H,3-27,29,31-38H2,1-2H3,(H,44,49)/b30-28+. The molecule has 49 heavy (non-hydrogen) atoms. The Balaban J connectivity index is 3.65. The lowest BCUT2D eigenvalue weighted by Crippen LogP contribution is -2.53. The van der Waals surface area contributed by atoms with Crippen LogP contribution in [0.25, 0.3) is 0 Å². The molecule has 4 unspecified atom stereocenters. The molecule has 0 aromatic rings. The third-order valence-corrected chi connectivity index (χ3v) is 10.2. The van der Waals surface area contributed by atoms with E-state index >= 15 is 0 Å². The van der Waals surface area contributed by atoms with Gasteiger partial charge in [0.15, 0.2) is 0 Å². The maximum Gasteiger partial charge on any atom is 0.249 e. The summed E-state index contributed by atoms with van der Waals surface area (Å²) in [6.07, 6.45) is 41.2. The number of amides is 1. The molecule has 292 valence electrons. The lowest BCUT2D eigenvalue weighted by atomic mass is 10.00. The zero-order valence-electron chi connectivity index (χ0n) is 32.7. The summed E-state index contributed by atoms with van der Waals surface area (Å²) in [7, 11) is 0. The number of aliphatic hydroxyl groups excluding tert-OH is 4. The van der Waals surface area contributed by atoms with Gasteiger partial charge in [-0.1, -0.05) is 199 Å². The highest BCUT2D eigenvalue weighted by molar-refractivity contribution is 5.80. The molecule has 0 aliphatic heterocycles. The Morgan fingerprint density at radius 2 is 0.837 bits per heavy atom. The van der Waals surface area contributed by atoms with Crippen molar-refractivity contribution in [3.63, 3.8) is 0 Å². The van der Waals surface area contributed by atoms with Crippen LogP contribution in [0.3, 0.4) is 0 Å². The van der Waals surface area contributed by atoms with Gasteiger partial charge < -0.3 is 25.7 Å². The summed E-state index contributed by atoms with van der Waals surface area (Å²) in [5.41, 5.74) is 0. The highest BCUT2D eigenvalue weighted by Gasteiger charge is 2.28.